The highest BCUT2D eigenvalue weighted by atomic mass is 32.2. The van der Waals surface area contributed by atoms with E-state index in [1.165, 1.54) is 11.8 Å². The largest absolute Gasteiger partial charge is 0.283 e. The summed E-state index contributed by atoms with van der Waals surface area (Å²) >= 11 is 1.53. The molecule has 0 spiro atoms. The average molecular weight is 253 g/mol. The Bertz CT molecular complexity index is 422. The van der Waals surface area contributed by atoms with Gasteiger partial charge in [-0.3, -0.25) is 10.1 Å². The Morgan fingerprint density at radius 2 is 1.88 bits per heavy atom. The van der Waals surface area contributed by atoms with Crippen LogP contribution in [-0.4, -0.2) is 10.2 Å². The van der Waals surface area contributed by atoms with Crippen LogP contribution in [0.5, 0.6) is 0 Å². The van der Waals surface area contributed by atoms with E-state index in [0.29, 0.717) is 5.25 Å². The van der Waals surface area contributed by atoms with Crippen molar-refractivity contribution >= 4 is 17.4 Å². The molecule has 17 heavy (non-hydrogen) atoms. The van der Waals surface area contributed by atoms with Crippen LogP contribution in [0.15, 0.2) is 23.1 Å². The minimum Gasteiger partial charge on any atom is -0.258 e. The zero-order valence-corrected chi connectivity index (χ0v) is 11.8. The Kier molecular flexibility index (Phi) is 4.20. The van der Waals surface area contributed by atoms with Crippen LogP contribution in [0.2, 0.25) is 0 Å². The van der Waals surface area contributed by atoms with Gasteiger partial charge in [-0.1, -0.05) is 40.7 Å². The molecule has 1 aromatic carbocycles. The molecule has 1 rings (SSSR count). The summed E-state index contributed by atoms with van der Waals surface area (Å²) in [6, 6.07) is 5.55. The third-order valence-corrected chi connectivity index (χ3v) is 3.45. The summed E-state index contributed by atoms with van der Waals surface area (Å²) in [5, 5.41) is 11.4. The molecule has 0 bridgehead atoms. The highest BCUT2D eigenvalue weighted by Crippen LogP contribution is 2.35. The smallest absolute Gasteiger partial charge is 0.258 e. The number of hydrogen-bond acceptors (Lipinski definition) is 3. The molecular weight excluding hydrogens is 234 g/mol. The third kappa shape index (κ3) is 3.73. The Hall–Kier alpha value is -1.03. The predicted molar refractivity (Wildman–Crippen MR) is 72.8 cm³/mol. The summed E-state index contributed by atoms with van der Waals surface area (Å²) in [6.45, 7) is 10.2. The van der Waals surface area contributed by atoms with Gasteiger partial charge in [0, 0.05) is 11.3 Å². The van der Waals surface area contributed by atoms with Gasteiger partial charge in [-0.2, -0.15) is 0 Å². The lowest BCUT2D eigenvalue weighted by atomic mass is 9.87. The number of nitrogens with zero attached hydrogens (tertiary/aromatic N) is 1. The first-order valence-corrected chi connectivity index (χ1v) is 6.55. The maximum Gasteiger partial charge on any atom is 0.283 e. The molecule has 0 aliphatic heterocycles. The standard InChI is InChI=1S/C13H19NO2S/c1-9(2)17-12-7-6-10(13(3,4)5)8-11(12)14(15)16/h6-9H,1-5H3. The van der Waals surface area contributed by atoms with Gasteiger partial charge >= 0.3 is 0 Å². The quantitative estimate of drug-likeness (QED) is 0.456. The predicted octanol–water partition coefficient (Wildman–Crippen LogP) is 4.39. The lowest BCUT2D eigenvalue weighted by Gasteiger charge is -2.19. The van der Waals surface area contributed by atoms with Gasteiger partial charge in [-0.15, -0.1) is 11.8 Å². The van der Waals surface area contributed by atoms with E-state index in [1.54, 1.807) is 6.07 Å². The molecule has 1 aromatic rings. The lowest BCUT2D eigenvalue weighted by molar-refractivity contribution is -0.387. The van der Waals surface area contributed by atoms with Crippen molar-refractivity contribution in [3.8, 4) is 0 Å². The number of nitro groups is 1. The second-order valence-electron chi connectivity index (χ2n) is 5.36. The molecule has 0 aliphatic carbocycles. The monoisotopic (exact) mass is 253 g/mol. The fourth-order valence-corrected chi connectivity index (χ4v) is 2.39. The molecular formula is C13H19NO2S. The van der Waals surface area contributed by atoms with Crippen LogP contribution in [0.4, 0.5) is 5.69 Å². The molecule has 0 aliphatic rings. The van der Waals surface area contributed by atoms with Crippen molar-refractivity contribution in [1.29, 1.82) is 0 Å². The fourth-order valence-electron chi connectivity index (χ4n) is 1.48. The van der Waals surface area contributed by atoms with Crippen molar-refractivity contribution in [2.75, 3.05) is 0 Å². The van der Waals surface area contributed by atoms with Crippen molar-refractivity contribution in [1.82, 2.24) is 0 Å². The van der Waals surface area contributed by atoms with E-state index in [2.05, 4.69) is 20.8 Å². The normalized spacial score (nSPS) is 11.9. The van der Waals surface area contributed by atoms with Gasteiger partial charge in [0.05, 0.1) is 9.82 Å². The van der Waals surface area contributed by atoms with Gasteiger partial charge in [0.25, 0.3) is 5.69 Å². The van der Waals surface area contributed by atoms with Crippen LogP contribution in [0.1, 0.15) is 40.2 Å². The first-order chi connectivity index (χ1) is 7.71. The van der Waals surface area contributed by atoms with Gasteiger partial charge in [0.2, 0.25) is 0 Å². The third-order valence-electron chi connectivity index (χ3n) is 2.38. The molecule has 0 aromatic heterocycles. The average Bonchev–Trinajstić information content (AvgIpc) is 2.15. The Labute approximate surface area is 107 Å². The zero-order valence-electron chi connectivity index (χ0n) is 11.0. The van der Waals surface area contributed by atoms with Crippen molar-refractivity contribution in [2.24, 2.45) is 0 Å². The van der Waals surface area contributed by atoms with Gasteiger partial charge in [-0.25, -0.2) is 0 Å². The highest BCUT2D eigenvalue weighted by molar-refractivity contribution is 8.00. The molecule has 94 valence electrons. The summed E-state index contributed by atoms with van der Waals surface area (Å²) in [5.74, 6) is 0. The van der Waals surface area contributed by atoms with Crippen molar-refractivity contribution in [2.45, 2.75) is 50.2 Å². The van der Waals surface area contributed by atoms with Gasteiger partial charge in [0.15, 0.2) is 0 Å². The van der Waals surface area contributed by atoms with Crippen LogP contribution in [0.3, 0.4) is 0 Å². The van der Waals surface area contributed by atoms with Crippen LogP contribution in [-0.2, 0) is 5.41 Å². The van der Waals surface area contributed by atoms with Crippen LogP contribution < -0.4 is 0 Å². The SMILES string of the molecule is CC(C)Sc1ccc(C(C)(C)C)cc1[N+](=O)[O-]. The van der Waals surface area contributed by atoms with E-state index in [-0.39, 0.29) is 16.0 Å². The van der Waals surface area contributed by atoms with Gasteiger partial charge < -0.3 is 0 Å². The molecule has 0 radical (unpaired) electrons. The molecule has 0 fully saturated rings. The zero-order chi connectivity index (χ0) is 13.2. The van der Waals surface area contributed by atoms with E-state index in [1.807, 2.05) is 26.0 Å². The van der Waals surface area contributed by atoms with Crippen LogP contribution in [0, 0.1) is 10.1 Å². The van der Waals surface area contributed by atoms with E-state index in [4.69, 9.17) is 0 Å². The summed E-state index contributed by atoms with van der Waals surface area (Å²) < 4.78 is 0. The summed E-state index contributed by atoms with van der Waals surface area (Å²) in [5.41, 5.74) is 1.15. The molecule has 4 heteroatoms. The van der Waals surface area contributed by atoms with Gasteiger partial charge in [0.1, 0.15) is 0 Å². The molecule has 0 N–H and O–H groups in total. The van der Waals surface area contributed by atoms with Crippen molar-refractivity contribution in [3.63, 3.8) is 0 Å². The molecule has 0 heterocycles. The minimum absolute atomic E-state index is 0.0637. The minimum atomic E-state index is -0.292. The Balaban J connectivity index is 3.22. The van der Waals surface area contributed by atoms with E-state index >= 15 is 0 Å². The first kappa shape index (κ1) is 14.0. The van der Waals surface area contributed by atoms with Crippen LogP contribution in [0.25, 0.3) is 0 Å². The van der Waals surface area contributed by atoms with Crippen molar-refractivity contribution < 1.29 is 4.92 Å². The summed E-state index contributed by atoms with van der Waals surface area (Å²) in [6.07, 6.45) is 0. The second kappa shape index (κ2) is 5.08. The topological polar surface area (TPSA) is 43.1 Å². The summed E-state index contributed by atoms with van der Waals surface area (Å²) in [4.78, 5) is 11.5. The molecule has 0 unspecified atom stereocenters. The van der Waals surface area contributed by atoms with Gasteiger partial charge in [-0.05, 0) is 17.0 Å². The molecule has 0 saturated heterocycles. The van der Waals surface area contributed by atoms with E-state index in [9.17, 15) is 10.1 Å². The number of hydrogen-bond donors (Lipinski definition) is 0. The number of rotatable bonds is 3. The maximum absolute atomic E-state index is 11.1. The Morgan fingerprint density at radius 3 is 2.29 bits per heavy atom. The van der Waals surface area contributed by atoms with Crippen molar-refractivity contribution in [3.05, 3.63) is 33.9 Å². The molecule has 0 amide bonds. The van der Waals surface area contributed by atoms with E-state index in [0.717, 1.165) is 10.5 Å². The number of nitro benzene ring substituents is 1. The second-order valence-corrected chi connectivity index (χ2v) is 6.97. The fraction of sp³-hybridized carbons (Fsp3) is 0.538. The first-order valence-electron chi connectivity index (χ1n) is 5.67. The lowest BCUT2D eigenvalue weighted by Crippen LogP contribution is -2.11. The number of thioether (sulfide) groups is 1. The molecule has 0 atom stereocenters. The number of benzene rings is 1. The highest BCUT2D eigenvalue weighted by Gasteiger charge is 2.21. The maximum atomic E-state index is 11.1. The summed E-state index contributed by atoms with van der Waals surface area (Å²) in [7, 11) is 0. The van der Waals surface area contributed by atoms with Crippen LogP contribution >= 0.6 is 11.8 Å². The Morgan fingerprint density at radius 1 is 1.29 bits per heavy atom. The molecule has 0 saturated carbocycles. The van der Waals surface area contributed by atoms with E-state index < -0.39 is 0 Å². The molecule has 3 nitrogen and oxygen atoms in total.